The van der Waals surface area contributed by atoms with Gasteiger partial charge in [-0.3, -0.25) is 4.79 Å². The quantitative estimate of drug-likeness (QED) is 0.737. The first-order valence-corrected chi connectivity index (χ1v) is 8.22. The lowest BCUT2D eigenvalue weighted by atomic mass is 10.00. The van der Waals surface area contributed by atoms with Crippen molar-refractivity contribution in [3.63, 3.8) is 0 Å². The molecule has 0 fully saturated rings. The topological polar surface area (TPSA) is 47.6 Å². The Morgan fingerprint density at radius 2 is 1.64 bits per heavy atom. The number of benzene rings is 3. The van der Waals surface area contributed by atoms with Gasteiger partial charge in [0.15, 0.2) is 18.1 Å². The highest BCUT2D eigenvalue weighted by Crippen LogP contribution is 2.26. The minimum absolute atomic E-state index is 0.0600. The average molecular weight is 335 g/mol. The van der Waals surface area contributed by atoms with E-state index in [9.17, 15) is 4.79 Å². The summed E-state index contributed by atoms with van der Waals surface area (Å²) in [6, 6.07) is 21.4. The van der Waals surface area contributed by atoms with Crippen LogP contribution < -0.4 is 14.8 Å². The van der Waals surface area contributed by atoms with E-state index in [1.54, 1.807) is 19.2 Å². The highest BCUT2D eigenvalue weighted by molar-refractivity contribution is 5.87. The predicted molar refractivity (Wildman–Crippen MR) is 99.0 cm³/mol. The van der Waals surface area contributed by atoms with E-state index in [0.29, 0.717) is 11.5 Å². The number of ether oxygens (including phenoxy) is 2. The summed E-state index contributed by atoms with van der Waals surface area (Å²) in [4.78, 5) is 12.3. The Balaban J connectivity index is 1.66. The number of carbonyl (C=O) groups is 1. The molecular weight excluding hydrogens is 314 g/mol. The lowest BCUT2D eigenvalue weighted by Crippen LogP contribution is -2.31. The third-order valence-electron chi connectivity index (χ3n) is 4.10. The van der Waals surface area contributed by atoms with Crippen LogP contribution in [0, 0.1) is 0 Å². The molecule has 4 heteroatoms. The molecule has 1 amide bonds. The number of para-hydroxylation sites is 2. The summed E-state index contributed by atoms with van der Waals surface area (Å²) < 4.78 is 10.8. The van der Waals surface area contributed by atoms with Crippen molar-refractivity contribution in [3.8, 4) is 11.5 Å². The van der Waals surface area contributed by atoms with Crippen molar-refractivity contribution in [3.05, 3.63) is 72.3 Å². The summed E-state index contributed by atoms with van der Waals surface area (Å²) in [5.74, 6) is 0.988. The molecule has 1 N–H and O–H groups in total. The molecule has 0 aliphatic carbocycles. The molecule has 0 saturated heterocycles. The summed E-state index contributed by atoms with van der Waals surface area (Å²) in [6.07, 6.45) is 0. The third-order valence-corrected chi connectivity index (χ3v) is 4.10. The van der Waals surface area contributed by atoms with E-state index in [2.05, 4.69) is 23.5 Å². The molecule has 1 atom stereocenters. The molecular formula is C21H21NO3. The Bertz CT molecular complexity index is 870. The van der Waals surface area contributed by atoms with E-state index >= 15 is 0 Å². The van der Waals surface area contributed by atoms with Gasteiger partial charge in [-0.25, -0.2) is 0 Å². The smallest absolute Gasteiger partial charge is 0.258 e. The number of fused-ring (bicyclic) bond motifs is 1. The number of rotatable bonds is 6. The van der Waals surface area contributed by atoms with Crippen molar-refractivity contribution in [2.45, 2.75) is 13.0 Å². The van der Waals surface area contributed by atoms with Crippen molar-refractivity contribution in [1.29, 1.82) is 0 Å². The fourth-order valence-corrected chi connectivity index (χ4v) is 2.87. The normalized spacial score (nSPS) is 11.8. The van der Waals surface area contributed by atoms with E-state index in [-0.39, 0.29) is 18.6 Å². The molecule has 0 unspecified atom stereocenters. The van der Waals surface area contributed by atoms with Crippen LogP contribution >= 0.6 is 0 Å². The molecule has 0 aliphatic heterocycles. The first kappa shape index (κ1) is 16.8. The SMILES string of the molecule is COc1ccccc1OCC(=O)N[C@H](C)c1cccc2ccccc12. The van der Waals surface area contributed by atoms with Crippen LogP contribution in [0.3, 0.4) is 0 Å². The molecule has 3 aromatic carbocycles. The van der Waals surface area contributed by atoms with E-state index in [0.717, 1.165) is 16.3 Å². The third kappa shape index (κ3) is 3.91. The second-order valence-electron chi connectivity index (χ2n) is 5.80. The van der Waals surface area contributed by atoms with Gasteiger partial charge in [-0.1, -0.05) is 54.6 Å². The number of hydrogen-bond donors (Lipinski definition) is 1. The second-order valence-corrected chi connectivity index (χ2v) is 5.80. The Kier molecular flexibility index (Phi) is 5.19. The lowest BCUT2D eigenvalue weighted by molar-refractivity contribution is -0.123. The van der Waals surface area contributed by atoms with Gasteiger partial charge < -0.3 is 14.8 Å². The average Bonchev–Trinajstić information content (AvgIpc) is 2.66. The van der Waals surface area contributed by atoms with Crippen LogP contribution in [0.25, 0.3) is 10.8 Å². The van der Waals surface area contributed by atoms with Gasteiger partial charge in [-0.05, 0) is 35.4 Å². The van der Waals surface area contributed by atoms with E-state index < -0.39 is 0 Å². The van der Waals surface area contributed by atoms with Crippen LogP contribution in [0.15, 0.2) is 66.7 Å². The molecule has 0 bridgehead atoms. The van der Waals surface area contributed by atoms with Crippen molar-refractivity contribution >= 4 is 16.7 Å². The fraction of sp³-hybridized carbons (Fsp3) is 0.190. The molecule has 0 aromatic heterocycles. The van der Waals surface area contributed by atoms with Gasteiger partial charge in [-0.15, -0.1) is 0 Å². The minimum atomic E-state index is -0.175. The Morgan fingerprint density at radius 3 is 2.44 bits per heavy atom. The maximum Gasteiger partial charge on any atom is 0.258 e. The summed E-state index contributed by atoms with van der Waals surface area (Å²) >= 11 is 0. The van der Waals surface area contributed by atoms with Gasteiger partial charge >= 0.3 is 0 Å². The summed E-state index contributed by atoms with van der Waals surface area (Å²) in [6.45, 7) is 1.91. The number of nitrogens with one attached hydrogen (secondary N) is 1. The molecule has 0 heterocycles. The summed E-state index contributed by atoms with van der Waals surface area (Å²) in [5.41, 5.74) is 1.09. The van der Waals surface area contributed by atoms with E-state index in [1.807, 2.05) is 43.3 Å². The molecule has 3 rings (SSSR count). The number of carbonyl (C=O) groups excluding carboxylic acids is 1. The maximum absolute atomic E-state index is 12.3. The van der Waals surface area contributed by atoms with Crippen molar-refractivity contribution in [2.24, 2.45) is 0 Å². The Morgan fingerprint density at radius 1 is 0.960 bits per heavy atom. The monoisotopic (exact) mass is 335 g/mol. The maximum atomic E-state index is 12.3. The van der Waals surface area contributed by atoms with Crippen LogP contribution in [0.4, 0.5) is 0 Å². The van der Waals surface area contributed by atoms with Crippen molar-refractivity contribution < 1.29 is 14.3 Å². The number of methoxy groups -OCH3 is 1. The molecule has 3 aromatic rings. The first-order valence-electron chi connectivity index (χ1n) is 8.22. The highest BCUT2D eigenvalue weighted by atomic mass is 16.5. The van der Waals surface area contributed by atoms with E-state index in [1.165, 1.54) is 0 Å². The zero-order valence-electron chi connectivity index (χ0n) is 14.4. The second kappa shape index (κ2) is 7.71. The molecule has 0 spiro atoms. The summed E-state index contributed by atoms with van der Waals surface area (Å²) in [7, 11) is 1.57. The molecule has 0 aliphatic rings. The van der Waals surface area contributed by atoms with Gasteiger partial charge in [0.25, 0.3) is 5.91 Å². The van der Waals surface area contributed by atoms with E-state index in [4.69, 9.17) is 9.47 Å². The molecule has 0 radical (unpaired) electrons. The van der Waals surface area contributed by atoms with Gasteiger partial charge in [0.1, 0.15) is 0 Å². The van der Waals surface area contributed by atoms with Crippen molar-refractivity contribution in [2.75, 3.05) is 13.7 Å². The fourth-order valence-electron chi connectivity index (χ4n) is 2.87. The standard InChI is InChI=1S/C21H21NO3/c1-15(17-11-7-9-16-8-3-4-10-18(16)17)22-21(23)14-25-20-13-6-5-12-19(20)24-2/h3-13,15H,14H2,1-2H3,(H,22,23)/t15-/m1/s1. The highest BCUT2D eigenvalue weighted by Gasteiger charge is 2.13. The van der Waals surface area contributed by atoms with Crippen molar-refractivity contribution in [1.82, 2.24) is 5.32 Å². The minimum Gasteiger partial charge on any atom is -0.493 e. The largest absolute Gasteiger partial charge is 0.493 e. The van der Waals surface area contributed by atoms with Gasteiger partial charge in [0, 0.05) is 0 Å². The number of amides is 1. The zero-order valence-corrected chi connectivity index (χ0v) is 14.4. The molecule has 4 nitrogen and oxygen atoms in total. The van der Waals surface area contributed by atoms with Gasteiger partial charge in [0.05, 0.1) is 13.2 Å². The van der Waals surface area contributed by atoms with Crippen LogP contribution in [0.5, 0.6) is 11.5 Å². The Hall–Kier alpha value is -3.01. The van der Waals surface area contributed by atoms with Crippen LogP contribution in [-0.2, 0) is 4.79 Å². The zero-order chi connectivity index (χ0) is 17.6. The van der Waals surface area contributed by atoms with Crippen LogP contribution in [0.2, 0.25) is 0 Å². The predicted octanol–water partition coefficient (Wildman–Crippen LogP) is 4.10. The van der Waals surface area contributed by atoms with Gasteiger partial charge in [-0.2, -0.15) is 0 Å². The molecule has 0 saturated carbocycles. The summed E-state index contributed by atoms with van der Waals surface area (Å²) in [5, 5.41) is 5.29. The first-order chi connectivity index (χ1) is 12.2. The molecule has 25 heavy (non-hydrogen) atoms. The van der Waals surface area contributed by atoms with Gasteiger partial charge in [0.2, 0.25) is 0 Å². The molecule has 128 valence electrons. The number of hydrogen-bond acceptors (Lipinski definition) is 3. The van der Waals surface area contributed by atoms with Crippen LogP contribution in [0.1, 0.15) is 18.5 Å². The van der Waals surface area contributed by atoms with Crippen LogP contribution in [-0.4, -0.2) is 19.6 Å². The lowest BCUT2D eigenvalue weighted by Gasteiger charge is -2.17. The Labute approximate surface area is 147 Å².